The van der Waals surface area contributed by atoms with Crippen molar-refractivity contribution < 1.29 is 9.59 Å². The molecule has 0 bridgehead atoms. The summed E-state index contributed by atoms with van der Waals surface area (Å²) in [6.07, 6.45) is 5.35. The van der Waals surface area contributed by atoms with E-state index in [9.17, 15) is 9.59 Å². The van der Waals surface area contributed by atoms with Crippen molar-refractivity contribution in [3.8, 4) is 0 Å². The van der Waals surface area contributed by atoms with Crippen LogP contribution in [0.3, 0.4) is 0 Å². The minimum atomic E-state index is -0.202. The number of Topliss-reactive ketones (excluding diaryl/α,β-unsaturated/α-hetero) is 1. The van der Waals surface area contributed by atoms with Gasteiger partial charge in [0, 0.05) is 50.6 Å². The van der Waals surface area contributed by atoms with Gasteiger partial charge in [-0.1, -0.05) is 66.7 Å². The molecule has 2 aromatic carbocycles. The summed E-state index contributed by atoms with van der Waals surface area (Å²) in [6.45, 7) is 4.13. The van der Waals surface area contributed by atoms with Gasteiger partial charge >= 0.3 is 0 Å². The zero-order valence-corrected chi connectivity index (χ0v) is 16.1. The molecular formula is C24H26N2O2. The Morgan fingerprint density at radius 3 is 2.43 bits per heavy atom. The van der Waals surface area contributed by atoms with Gasteiger partial charge in [-0.25, -0.2) is 0 Å². The van der Waals surface area contributed by atoms with Gasteiger partial charge in [-0.3, -0.25) is 14.5 Å². The Kier molecular flexibility index (Phi) is 5.68. The summed E-state index contributed by atoms with van der Waals surface area (Å²) < 4.78 is 0. The third-order valence-electron chi connectivity index (χ3n) is 5.72. The third kappa shape index (κ3) is 4.23. The van der Waals surface area contributed by atoms with Crippen molar-refractivity contribution in [3.63, 3.8) is 0 Å². The van der Waals surface area contributed by atoms with Crippen molar-refractivity contribution in [2.24, 2.45) is 5.92 Å². The van der Waals surface area contributed by atoms with Crippen LogP contribution in [0.2, 0.25) is 0 Å². The topological polar surface area (TPSA) is 40.6 Å². The lowest BCUT2D eigenvalue weighted by Gasteiger charge is -2.36. The number of fused-ring (bicyclic) bond motifs is 1. The number of hydrogen-bond donors (Lipinski definition) is 0. The van der Waals surface area contributed by atoms with Crippen LogP contribution in [0.4, 0.5) is 0 Å². The average Bonchev–Trinajstić information content (AvgIpc) is 2.74. The van der Waals surface area contributed by atoms with E-state index in [0.717, 1.165) is 43.9 Å². The molecule has 2 aliphatic rings. The van der Waals surface area contributed by atoms with Gasteiger partial charge < -0.3 is 4.90 Å². The molecule has 1 amide bonds. The Labute approximate surface area is 166 Å². The normalized spacial score (nSPS) is 20.4. The number of piperazine rings is 1. The maximum Gasteiger partial charge on any atom is 0.226 e. The van der Waals surface area contributed by atoms with Crippen LogP contribution in [-0.4, -0.2) is 54.2 Å². The first-order valence-electron chi connectivity index (χ1n) is 10.0. The molecule has 0 radical (unpaired) electrons. The average molecular weight is 374 g/mol. The summed E-state index contributed by atoms with van der Waals surface area (Å²) in [4.78, 5) is 29.7. The van der Waals surface area contributed by atoms with Gasteiger partial charge in [0.25, 0.3) is 0 Å². The number of hydrogen-bond acceptors (Lipinski definition) is 3. The van der Waals surface area contributed by atoms with Gasteiger partial charge in [0.05, 0.1) is 0 Å². The van der Waals surface area contributed by atoms with Gasteiger partial charge in [-0.15, -0.1) is 0 Å². The Balaban J connectivity index is 1.29. The van der Waals surface area contributed by atoms with Crippen LogP contribution in [0.25, 0.3) is 6.08 Å². The molecule has 4 nitrogen and oxygen atoms in total. The second kappa shape index (κ2) is 8.53. The van der Waals surface area contributed by atoms with Gasteiger partial charge in [0.2, 0.25) is 5.91 Å². The molecule has 28 heavy (non-hydrogen) atoms. The summed E-state index contributed by atoms with van der Waals surface area (Å²) in [5.74, 6) is 0.0409. The fraction of sp³-hybridized carbons (Fsp3) is 0.333. The van der Waals surface area contributed by atoms with Crippen LogP contribution < -0.4 is 0 Å². The van der Waals surface area contributed by atoms with Crippen molar-refractivity contribution in [2.75, 3.05) is 32.7 Å². The number of carbonyl (C=O) groups excluding carboxylic acids is 2. The van der Waals surface area contributed by atoms with Gasteiger partial charge in [0.1, 0.15) is 0 Å². The number of carbonyl (C=O) groups is 2. The summed E-state index contributed by atoms with van der Waals surface area (Å²) in [7, 11) is 0. The molecule has 1 fully saturated rings. The Hall–Kier alpha value is -2.72. The van der Waals surface area contributed by atoms with E-state index in [1.54, 1.807) is 0 Å². The van der Waals surface area contributed by atoms with Crippen LogP contribution in [-0.2, 0) is 11.2 Å². The first-order valence-corrected chi connectivity index (χ1v) is 10.0. The highest BCUT2D eigenvalue weighted by Gasteiger charge is 2.33. The van der Waals surface area contributed by atoms with E-state index in [1.165, 1.54) is 5.56 Å². The van der Waals surface area contributed by atoms with Crippen molar-refractivity contribution in [1.82, 2.24) is 9.80 Å². The molecule has 1 saturated heterocycles. The number of ketones is 1. The lowest BCUT2D eigenvalue weighted by molar-refractivity contribution is -0.137. The molecule has 4 rings (SSSR count). The molecule has 1 aliphatic carbocycles. The zero-order valence-electron chi connectivity index (χ0n) is 16.1. The largest absolute Gasteiger partial charge is 0.340 e. The standard InChI is InChI=1S/C24H26N2O2/c27-23-18-21(17-20-10-4-5-11-22(20)23)24(28)26-15-13-25(14-16-26)12-6-9-19-7-2-1-3-8-19/h1-11,21H,12-18H2/b9-6+. The molecule has 1 aliphatic heterocycles. The molecule has 1 unspecified atom stereocenters. The second-order valence-corrected chi connectivity index (χ2v) is 7.62. The van der Waals surface area contributed by atoms with E-state index in [2.05, 4.69) is 29.2 Å². The van der Waals surface area contributed by atoms with Gasteiger partial charge in [0.15, 0.2) is 5.78 Å². The molecule has 0 spiro atoms. The van der Waals surface area contributed by atoms with E-state index >= 15 is 0 Å². The van der Waals surface area contributed by atoms with Crippen molar-refractivity contribution in [3.05, 3.63) is 77.4 Å². The van der Waals surface area contributed by atoms with Crippen LogP contribution in [0.1, 0.15) is 27.9 Å². The van der Waals surface area contributed by atoms with E-state index in [0.29, 0.717) is 12.8 Å². The number of nitrogens with zero attached hydrogens (tertiary/aromatic N) is 2. The molecule has 144 valence electrons. The minimum absolute atomic E-state index is 0.102. The summed E-state index contributed by atoms with van der Waals surface area (Å²) in [5, 5.41) is 0. The first kappa shape index (κ1) is 18.6. The molecule has 0 N–H and O–H groups in total. The predicted octanol–water partition coefficient (Wildman–Crippen LogP) is 3.29. The number of rotatable bonds is 4. The van der Waals surface area contributed by atoms with E-state index in [-0.39, 0.29) is 17.6 Å². The maximum absolute atomic E-state index is 13.0. The van der Waals surface area contributed by atoms with Gasteiger partial charge in [-0.2, -0.15) is 0 Å². The molecular weight excluding hydrogens is 348 g/mol. The van der Waals surface area contributed by atoms with Crippen molar-refractivity contribution in [2.45, 2.75) is 12.8 Å². The summed E-state index contributed by atoms with van der Waals surface area (Å²) in [5.41, 5.74) is 3.02. The van der Waals surface area contributed by atoms with E-state index in [1.807, 2.05) is 47.4 Å². The first-order chi connectivity index (χ1) is 13.7. The fourth-order valence-electron chi connectivity index (χ4n) is 4.13. The van der Waals surface area contributed by atoms with Crippen LogP contribution >= 0.6 is 0 Å². The van der Waals surface area contributed by atoms with Crippen LogP contribution in [0.5, 0.6) is 0 Å². The Morgan fingerprint density at radius 2 is 1.64 bits per heavy atom. The van der Waals surface area contributed by atoms with Crippen molar-refractivity contribution >= 4 is 17.8 Å². The highest BCUT2D eigenvalue weighted by Crippen LogP contribution is 2.27. The van der Waals surface area contributed by atoms with E-state index in [4.69, 9.17) is 0 Å². The summed E-state index contributed by atoms with van der Waals surface area (Å²) >= 11 is 0. The number of amides is 1. The lowest BCUT2D eigenvalue weighted by Crippen LogP contribution is -2.51. The number of benzene rings is 2. The van der Waals surface area contributed by atoms with Crippen LogP contribution in [0.15, 0.2) is 60.7 Å². The predicted molar refractivity (Wildman–Crippen MR) is 111 cm³/mol. The molecule has 4 heteroatoms. The van der Waals surface area contributed by atoms with Crippen molar-refractivity contribution in [1.29, 1.82) is 0 Å². The highest BCUT2D eigenvalue weighted by atomic mass is 16.2. The maximum atomic E-state index is 13.0. The monoisotopic (exact) mass is 374 g/mol. The SMILES string of the molecule is O=C1CC(C(=O)N2CCN(C/C=C/c3ccccc3)CC2)Cc2ccccc21. The molecule has 2 aromatic rings. The van der Waals surface area contributed by atoms with Gasteiger partial charge in [-0.05, 0) is 17.5 Å². The smallest absolute Gasteiger partial charge is 0.226 e. The second-order valence-electron chi connectivity index (χ2n) is 7.62. The van der Waals surface area contributed by atoms with Crippen LogP contribution in [0, 0.1) is 5.92 Å². The molecule has 1 heterocycles. The third-order valence-corrected chi connectivity index (χ3v) is 5.72. The summed E-state index contributed by atoms with van der Waals surface area (Å²) in [6, 6.07) is 18.0. The highest BCUT2D eigenvalue weighted by molar-refractivity contribution is 6.01. The van der Waals surface area contributed by atoms with E-state index < -0.39 is 0 Å². The molecule has 1 atom stereocenters. The molecule has 0 saturated carbocycles. The lowest BCUT2D eigenvalue weighted by atomic mass is 9.82. The Morgan fingerprint density at radius 1 is 0.929 bits per heavy atom. The Bertz CT molecular complexity index is 867. The molecule has 0 aromatic heterocycles. The zero-order chi connectivity index (χ0) is 19.3. The quantitative estimate of drug-likeness (QED) is 0.825. The minimum Gasteiger partial charge on any atom is -0.340 e. The fourth-order valence-corrected chi connectivity index (χ4v) is 4.13.